The third-order valence-corrected chi connectivity index (χ3v) is 0.749. The molecule has 0 unspecified atom stereocenters. The lowest BCUT2D eigenvalue weighted by molar-refractivity contribution is -0.149. The first-order chi connectivity index (χ1) is 4.72. The Labute approximate surface area is 59.4 Å². The monoisotopic (exact) mass is 140 g/mol. The van der Waals surface area contributed by atoms with Crippen molar-refractivity contribution in [1.82, 2.24) is 0 Å². The van der Waals surface area contributed by atoms with Crippen LogP contribution in [0.1, 0.15) is 13.3 Å². The summed E-state index contributed by atoms with van der Waals surface area (Å²) in [4.78, 5) is 20.8. The van der Waals surface area contributed by atoms with Crippen LogP contribution in [0, 0.1) is 11.8 Å². The molecule has 0 N–H and O–H groups in total. The fourth-order valence-electron chi connectivity index (χ4n) is 0.312. The standard InChI is InChI=1S/C7H8O3/c1-3-4-5-6(8)7(9)10-2/h3H2,1-2H3. The summed E-state index contributed by atoms with van der Waals surface area (Å²) in [6, 6.07) is 0. The molecule has 0 aliphatic carbocycles. The fourth-order valence-corrected chi connectivity index (χ4v) is 0.312. The Bertz CT molecular complexity index is 195. The Hall–Kier alpha value is -1.30. The molecule has 54 valence electrons. The molecule has 0 saturated heterocycles. The fraction of sp³-hybridized carbons (Fsp3) is 0.429. The molecule has 0 amide bonds. The molecular weight excluding hydrogens is 132 g/mol. The second-order valence-corrected chi connectivity index (χ2v) is 1.48. The highest BCUT2D eigenvalue weighted by molar-refractivity contribution is 6.40. The van der Waals surface area contributed by atoms with Gasteiger partial charge in [0.25, 0.3) is 0 Å². The molecule has 0 rings (SSSR count). The summed E-state index contributed by atoms with van der Waals surface area (Å²) in [5.74, 6) is 2.89. The normalized spacial score (nSPS) is 7.40. The Morgan fingerprint density at radius 3 is 2.50 bits per heavy atom. The molecule has 0 aromatic carbocycles. The number of ketones is 1. The van der Waals surface area contributed by atoms with Crippen LogP contribution in [0.3, 0.4) is 0 Å². The number of carbonyl (C=O) groups excluding carboxylic acids is 2. The van der Waals surface area contributed by atoms with Crippen LogP contribution in [0.25, 0.3) is 0 Å². The molecule has 0 heterocycles. The van der Waals surface area contributed by atoms with E-state index in [9.17, 15) is 9.59 Å². The van der Waals surface area contributed by atoms with E-state index in [1.165, 1.54) is 0 Å². The molecule has 0 aromatic rings. The average molecular weight is 140 g/mol. The van der Waals surface area contributed by atoms with Gasteiger partial charge in [-0.1, -0.05) is 12.8 Å². The first kappa shape index (κ1) is 8.70. The quantitative estimate of drug-likeness (QED) is 0.225. The Morgan fingerprint density at radius 1 is 1.50 bits per heavy atom. The molecule has 0 aromatic heterocycles. The lowest BCUT2D eigenvalue weighted by atomic mass is 10.4. The second kappa shape index (κ2) is 4.57. The number of carbonyl (C=O) groups is 2. The number of ether oxygens (including phenoxy) is 1. The maximum atomic E-state index is 10.5. The van der Waals surface area contributed by atoms with E-state index >= 15 is 0 Å². The van der Waals surface area contributed by atoms with Crippen molar-refractivity contribution >= 4 is 11.8 Å². The molecule has 0 radical (unpaired) electrons. The van der Waals surface area contributed by atoms with E-state index in [1.807, 2.05) is 0 Å². The van der Waals surface area contributed by atoms with Crippen molar-refractivity contribution in [3.05, 3.63) is 0 Å². The van der Waals surface area contributed by atoms with Crippen molar-refractivity contribution in [1.29, 1.82) is 0 Å². The van der Waals surface area contributed by atoms with Gasteiger partial charge < -0.3 is 4.74 Å². The summed E-state index contributed by atoms with van der Waals surface area (Å²) in [6.45, 7) is 1.79. The zero-order valence-corrected chi connectivity index (χ0v) is 5.93. The Balaban J connectivity index is 3.97. The lowest BCUT2D eigenvalue weighted by Gasteiger charge is -1.87. The van der Waals surface area contributed by atoms with E-state index in [-0.39, 0.29) is 0 Å². The number of Topliss-reactive ketones (excluding diaryl/α,β-unsaturated/α-hetero) is 1. The Morgan fingerprint density at radius 2 is 2.10 bits per heavy atom. The van der Waals surface area contributed by atoms with E-state index in [1.54, 1.807) is 6.92 Å². The number of rotatable bonds is 1. The number of esters is 1. The van der Waals surface area contributed by atoms with Crippen LogP contribution in [-0.4, -0.2) is 18.9 Å². The van der Waals surface area contributed by atoms with Crippen LogP contribution in [0.4, 0.5) is 0 Å². The van der Waals surface area contributed by atoms with Crippen molar-refractivity contribution in [2.45, 2.75) is 13.3 Å². The van der Waals surface area contributed by atoms with Gasteiger partial charge in [0, 0.05) is 6.42 Å². The SMILES string of the molecule is CCC#CC(=O)C(=O)OC. The molecule has 0 fully saturated rings. The molecule has 0 aliphatic heterocycles. The minimum Gasteiger partial charge on any atom is -0.463 e. The predicted octanol–water partition coefficient (Wildman–Crippen LogP) is 0.142. The van der Waals surface area contributed by atoms with Gasteiger partial charge in [0.1, 0.15) is 0 Å². The van der Waals surface area contributed by atoms with Gasteiger partial charge in [-0.25, -0.2) is 4.79 Å². The average Bonchev–Trinajstić information content (AvgIpc) is 1.98. The lowest BCUT2D eigenvalue weighted by Crippen LogP contribution is -2.12. The maximum absolute atomic E-state index is 10.5. The molecule has 0 atom stereocenters. The smallest absolute Gasteiger partial charge is 0.387 e. The first-order valence-corrected chi connectivity index (χ1v) is 2.83. The van der Waals surface area contributed by atoms with Gasteiger partial charge in [-0.05, 0) is 5.92 Å². The zero-order valence-electron chi connectivity index (χ0n) is 5.93. The van der Waals surface area contributed by atoms with Gasteiger partial charge >= 0.3 is 11.8 Å². The van der Waals surface area contributed by atoms with Crippen LogP contribution >= 0.6 is 0 Å². The summed E-state index contributed by atoms with van der Waals surface area (Å²) >= 11 is 0. The second-order valence-electron chi connectivity index (χ2n) is 1.48. The van der Waals surface area contributed by atoms with Crippen molar-refractivity contribution in [3.8, 4) is 11.8 Å². The minimum absolute atomic E-state index is 0.558. The van der Waals surface area contributed by atoms with Crippen molar-refractivity contribution < 1.29 is 14.3 Å². The third kappa shape index (κ3) is 2.88. The van der Waals surface area contributed by atoms with E-state index in [0.717, 1.165) is 7.11 Å². The van der Waals surface area contributed by atoms with Gasteiger partial charge in [0.05, 0.1) is 7.11 Å². The Kier molecular flexibility index (Phi) is 3.97. The van der Waals surface area contributed by atoms with Gasteiger partial charge in [-0.3, -0.25) is 4.79 Å². The van der Waals surface area contributed by atoms with Gasteiger partial charge in [0.15, 0.2) is 0 Å². The molecular formula is C7H8O3. The van der Waals surface area contributed by atoms with E-state index in [0.29, 0.717) is 6.42 Å². The predicted molar refractivity (Wildman–Crippen MR) is 35.1 cm³/mol. The topological polar surface area (TPSA) is 43.4 Å². The van der Waals surface area contributed by atoms with E-state index < -0.39 is 11.8 Å². The summed E-state index contributed by atoms with van der Waals surface area (Å²) in [5, 5.41) is 0. The number of methoxy groups -OCH3 is 1. The van der Waals surface area contributed by atoms with Gasteiger partial charge in [0.2, 0.25) is 0 Å². The van der Waals surface area contributed by atoms with Gasteiger partial charge in [-0.15, -0.1) is 0 Å². The minimum atomic E-state index is -0.902. The maximum Gasteiger partial charge on any atom is 0.387 e. The number of hydrogen-bond donors (Lipinski definition) is 0. The van der Waals surface area contributed by atoms with E-state index in [2.05, 4.69) is 16.6 Å². The molecule has 0 bridgehead atoms. The van der Waals surface area contributed by atoms with Crippen LogP contribution in [0.5, 0.6) is 0 Å². The molecule has 0 spiro atoms. The summed E-state index contributed by atoms with van der Waals surface area (Å²) < 4.78 is 4.12. The highest BCUT2D eigenvalue weighted by Gasteiger charge is 2.08. The van der Waals surface area contributed by atoms with E-state index in [4.69, 9.17) is 0 Å². The highest BCUT2D eigenvalue weighted by Crippen LogP contribution is 1.76. The summed E-state index contributed by atoms with van der Waals surface area (Å²) in [6.07, 6.45) is 0.558. The molecule has 3 heteroatoms. The highest BCUT2D eigenvalue weighted by atomic mass is 16.5. The summed E-state index contributed by atoms with van der Waals surface area (Å²) in [5.41, 5.74) is 0. The van der Waals surface area contributed by atoms with Crippen LogP contribution in [0.15, 0.2) is 0 Å². The van der Waals surface area contributed by atoms with Crippen LogP contribution < -0.4 is 0 Å². The number of hydrogen-bond acceptors (Lipinski definition) is 3. The van der Waals surface area contributed by atoms with Crippen LogP contribution in [0.2, 0.25) is 0 Å². The molecule has 0 aliphatic rings. The molecule has 0 saturated carbocycles. The van der Waals surface area contributed by atoms with Crippen molar-refractivity contribution in [3.63, 3.8) is 0 Å². The molecule has 3 nitrogen and oxygen atoms in total. The summed E-state index contributed by atoms with van der Waals surface area (Å²) in [7, 11) is 1.15. The van der Waals surface area contributed by atoms with Crippen molar-refractivity contribution in [2.75, 3.05) is 7.11 Å². The van der Waals surface area contributed by atoms with Crippen LogP contribution in [-0.2, 0) is 14.3 Å². The zero-order chi connectivity index (χ0) is 7.98. The van der Waals surface area contributed by atoms with Crippen molar-refractivity contribution in [2.24, 2.45) is 0 Å². The largest absolute Gasteiger partial charge is 0.463 e. The third-order valence-electron chi connectivity index (χ3n) is 0.749. The first-order valence-electron chi connectivity index (χ1n) is 2.83. The van der Waals surface area contributed by atoms with Gasteiger partial charge in [-0.2, -0.15) is 0 Å². The molecule has 10 heavy (non-hydrogen) atoms.